The van der Waals surface area contributed by atoms with Gasteiger partial charge in [-0.05, 0) is 43.7 Å². The van der Waals surface area contributed by atoms with Gasteiger partial charge in [0, 0.05) is 24.3 Å². The van der Waals surface area contributed by atoms with E-state index in [0.717, 1.165) is 18.9 Å². The van der Waals surface area contributed by atoms with E-state index in [1.165, 1.54) is 25.7 Å². The minimum atomic E-state index is -0.444. The van der Waals surface area contributed by atoms with Crippen molar-refractivity contribution in [3.8, 4) is 0 Å². The lowest BCUT2D eigenvalue weighted by molar-refractivity contribution is 0.290. The van der Waals surface area contributed by atoms with Crippen LogP contribution in [0.3, 0.4) is 0 Å². The third-order valence-corrected chi connectivity index (χ3v) is 4.23. The van der Waals surface area contributed by atoms with Crippen molar-refractivity contribution in [3.63, 3.8) is 0 Å². The largest absolute Gasteiger partial charge is 0.369 e. The van der Waals surface area contributed by atoms with E-state index in [4.69, 9.17) is 0 Å². The van der Waals surface area contributed by atoms with E-state index in [1.807, 2.05) is 6.07 Å². The lowest BCUT2D eigenvalue weighted by Gasteiger charge is -2.30. The molecule has 3 nitrogen and oxygen atoms in total. The maximum absolute atomic E-state index is 12.4. The first kappa shape index (κ1) is 11.9. The molecule has 1 spiro atoms. The van der Waals surface area contributed by atoms with Crippen LogP contribution in [0.1, 0.15) is 31.2 Å². The Hall–Kier alpha value is -1.16. The zero-order valence-electron chi connectivity index (χ0n) is 10.6. The van der Waals surface area contributed by atoms with Crippen LogP contribution in [0.15, 0.2) is 18.3 Å². The Balaban J connectivity index is 1.50. The number of pyridine rings is 1. The zero-order valence-corrected chi connectivity index (χ0v) is 10.6. The van der Waals surface area contributed by atoms with Crippen molar-refractivity contribution >= 4 is 5.82 Å². The number of piperidine rings is 1. The van der Waals surface area contributed by atoms with Gasteiger partial charge in [-0.1, -0.05) is 6.07 Å². The maximum atomic E-state index is 12.4. The van der Waals surface area contributed by atoms with Crippen LogP contribution in [-0.4, -0.2) is 24.1 Å². The Kier molecular flexibility index (Phi) is 3.20. The molecular formula is C14H20FN3. The van der Waals surface area contributed by atoms with Crippen molar-refractivity contribution in [2.45, 2.75) is 38.4 Å². The van der Waals surface area contributed by atoms with Crippen molar-refractivity contribution in [1.82, 2.24) is 10.3 Å². The van der Waals surface area contributed by atoms with Crippen LogP contribution in [0.4, 0.5) is 10.2 Å². The highest BCUT2D eigenvalue weighted by atomic mass is 19.1. The fraction of sp³-hybridized carbons (Fsp3) is 0.643. The van der Waals surface area contributed by atoms with Crippen LogP contribution >= 0.6 is 0 Å². The molecule has 18 heavy (non-hydrogen) atoms. The first-order valence-corrected chi connectivity index (χ1v) is 6.78. The van der Waals surface area contributed by atoms with Gasteiger partial charge in [-0.25, -0.2) is 9.37 Å². The van der Waals surface area contributed by atoms with Gasteiger partial charge in [0.05, 0.1) is 0 Å². The van der Waals surface area contributed by atoms with Crippen LogP contribution in [0, 0.1) is 5.41 Å². The summed E-state index contributed by atoms with van der Waals surface area (Å²) in [6, 6.07) is 4.18. The summed E-state index contributed by atoms with van der Waals surface area (Å²) in [6.07, 6.45) is 7.04. The Morgan fingerprint density at radius 1 is 1.39 bits per heavy atom. The van der Waals surface area contributed by atoms with Crippen LogP contribution < -0.4 is 10.6 Å². The normalized spacial score (nSPS) is 25.1. The summed E-state index contributed by atoms with van der Waals surface area (Å²) in [5.74, 6) is 0.837. The number of hydrogen-bond donors (Lipinski definition) is 2. The smallest absolute Gasteiger partial charge is 0.125 e. The molecule has 4 heteroatoms. The van der Waals surface area contributed by atoms with E-state index in [0.29, 0.717) is 17.0 Å². The number of nitrogens with one attached hydrogen (secondary N) is 2. The number of nitrogens with zero attached hydrogens (tertiary/aromatic N) is 1. The predicted octanol–water partition coefficient (Wildman–Crippen LogP) is 2.50. The predicted molar refractivity (Wildman–Crippen MR) is 70.2 cm³/mol. The molecule has 1 aromatic heterocycles. The molecule has 0 unspecified atom stereocenters. The molecular weight excluding hydrogens is 229 g/mol. The minimum Gasteiger partial charge on any atom is -0.369 e. The second-order valence-electron chi connectivity index (χ2n) is 5.67. The highest BCUT2D eigenvalue weighted by Crippen LogP contribution is 2.53. The molecule has 2 fully saturated rings. The van der Waals surface area contributed by atoms with Gasteiger partial charge in [0.15, 0.2) is 0 Å². The first-order chi connectivity index (χ1) is 8.80. The molecule has 0 radical (unpaired) electrons. The molecule has 0 aromatic carbocycles. The van der Waals surface area contributed by atoms with Gasteiger partial charge >= 0.3 is 0 Å². The highest BCUT2D eigenvalue weighted by Gasteiger charge is 2.45. The Morgan fingerprint density at radius 3 is 2.94 bits per heavy atom. The molecule has 98 valence electrons. The number of rotatable bonds is 4. The molecule has 2 N–H and O–H groups in total. The Morgan fingerprint density at radius 2 is 2.28 bits per heavy atom. The molecule has 2 heterocycles. The number of anilines is 1. The standard InChI is InChI=1S/C14H20FN3/c15-8-11-1-2-13(17-9-11)18-10-12-7-14(3-4-14)5-6-16-12/h1-2,9,12,16H,3-8,10H2,(H,17,18)/t12-/m0/s1. The van der Waals surface area contributed by atoms with Gasteiger partial charge in [0.25, 0.3) is 0 Å². The van der Waals surface area contributed by atoms with Gasteiger partial charge in [0.2, 0.25) is 0 Å². The van der Waals surface area contributed by atoms with Crippen LogP contribution in [-0.2, 0) is 6.67 Å². The maximum Gasteiger partial charge on any atom is 0.125 e. The number of halogens is 1. The quantitative estimate of drug-likeness (QED) is 0.861. The third-order valence-electron chi connectivity index (χ3n) is 4.23. The molecule has 1 aliphatic heterocycles. The summed E-state index contributed by atoms with van der Waals surface area (Å²) in [7, 11) is 0. The van der Waals surface area contributed by atoms with Crippen LogP contribution in [0.25, 0.3) is 0 Å². The average Bonchev–Trinajstić information content (AvgIpc) is 3.16. The van der Waals surface area contributed by atoms with E-state index in [2.05, 4.69) is 15.6 Å². The second kappa shape index (κ2) is 4.84. The fourth-order valence-corrected chi connectivity index (χ4v) is 2.85. The fourth-order valence-electron chi connectivity index (χ4n) is 2.85. The second-order valence-corrected chi connectivity index (χ2v) is 5.67. The van der Waals surface area contributed by atoms with E-state index in [-0.39, 0.29) is 0 Å². The zero-order chi connectivity index (χ0) is 12.4. The third kappa shape index (κ3) is 2.64. The molecule has 3 rings (SSSR count). The van der Waals surface area contributed by atoms with Gasteiger partial charge in [0.1, 0.15) is 12.5 Å². The lowest BCUT2D eigenvalue weighted by atomic mass is 9.89. The van der Waals surface area contributed by atoms with Gasteiger partial charge in [-0.3, -0.25) is 0 Å². The van der Waals surface area contributed by atoms with Crippen LogP contribution in [0.2, 0.25) is 0 Å². The minimum absolute atomic E-state index is 0.444. The van der Waals surface area contributed by atoms with Crippen LogP contribution in [0.5, 0.6) is 0 Å². The van der Waals surface area contributed by atoms with Crippen molar-refractivity contribution in [1.29, 1.82) is 0 Å². The van der Waals surface area contributed by atoms with E-state index < -0.39 is 6.67 Å². The summed E-state index contributed by atoms with van der Waals surface area (Å²) >= 11 is 0. The number of aromatic nitrogens is 1. The monoisotopic (exact) mass is 249 g/mol. The van der Waals surface area contributed by atoms with E-state index >= 15 is 0 Å². The summed E-state index contributed by atoms with van der Waals surface area (Å²) in [6.45, 7) is 1.60. The highest BCUT2D eigenvalue weighted by molar-refractivity contribution is 5.35. The number of hydrogen-bond acceptors (Lipinski definition) is 3. The molecule has 1 aliphatic carbocycles. The summed E-state index contributed by atoms with van der Waals surface area (Å²) in [5, 5.41) is 6.89. The SMILES string of the molecule is FCc1ccc(NC[C@@H]2CC3(CCN2)CC3)nc1. The van der Waals surface area contributed by atoms with E-state index in [1.54, 1.807) is 12.3 Å². The summed E-state index contributed by atoms with van der Waals surface area (Å²) in [5.41, 5.74) is 1.30. The molecule has 1 saturated heterocycles. The van der Waals surface area contributed by atoms with Crippen molar-refractivity contribution < 1.29 is 4.39 Å². The number of alkyl halides is 1. The summed E-state index contributed by atoms with van der Waals surface area (Å²) < 4.78 is 12.4. The van der Waals surface area contributed by atoms with Crippen molar-refractivity contribution in [2.75, 3.05) is 18.4 Å². The molecule has 1 atom stereocenters. The molecule has 2 aliphatic rings. The Labute approximate surface area is 107 Å². The molecule has 0 bridgehead atoms. The van der Waals surface area contributed by atoms with Gasteiger partial charge in [-0.15, -0.1) is 0 Å². The van der Waals surface area contributed by atoms with Gasteiger partial charge in [-0.2, -0.15) is 0 Å². The van der Waals surface area contributed by atoms with Crippen molar-refractivity contribution in [3.05, 3.63) is 23.9 Å². The average molecular weight is 249 g/mol. The molecule has 1 aromatic rings. The van der Waals surface area contributed by atoms with E-state index in [9.17, 15) is 4.39 Å². The topological polar surface area (TPSA) is 37.0 Å². The first-order valence-electron chi connectivity index (χ1n) is 6.78. The van der Waals surface area contributed by atoms with Crippen molar-refractivity contribution in [2.24, 2.45) is 5.41 Å². The van der Waals surface area contributed by atoms with Gasteiger partial charge < -0.3 is 10.6 Å². The Bertz CT molecular complexity index is 400. The molecule has 0 amide bonds. The summed E-state index contributed by atoms with van der Waals surface area (Å²) in [4.78, 5) is 4.21. The lowest BCUT2D eigenvalue weighted by Crippen LogP contribution is -2.43. The molecule has 1 saturated carbocycles.